The van der Waals surface area contributed by atoms with E-state index in [0.717, 1.165) is 6.26 Å². The topological polar surface area (TPSA) is 106 Å². The van der Waals surface area contributed by atoms with Gasteiger partial charge in [0.15, 0.2) is 0 Å². The van der Waals surface area contributed by atoms with Crippen molar-refractivity contribution in [3.05, 3.63) is 83.4 Å². The first-order valence-corrected chi connectivity index (χ1v) is 10.6. The first kappa shape index (κ1) is 18.6. The number of pyridine rings is 1. The fraction of sp³-hybridized carbons (Fsp3) is 0.0500. The minimum absolute atomic E-state index is 0.291. The molecular formula is C20H17N5O3S. The Morgan fingerprint density at radius 3 is 2.45 bits per heavy atom. The number of hydrogen-bond donors (Lipinski definition) is 2. The average molecular weight is 407 g/mol. The van der Waals surface area contributed by atoms with Gasteiger partial charge in [-0.25, -0.2) is 18.0 Å². The molecule has 4 aromatic rings. The van der Waals surface area contributed by atoms with E-state index >= 15 is 0 Å². The van der Waals surface area contributed by atoms with Crippen molar-refractivity contribution in [3.8, 4) is 5.69 Å². The second kappa shape index (κ2) is 7.36. The zero-order valence-electron chi connectivity index (χ0n) is 15.4. The second-order valence-corrected chi connectivity index (χ2v) is 8.13. The van der Waals surface area contributed by atoms with E-state index in [-0.39, 0.29) is 5.56 Å². The zero-order valence-corrected chi connectivity index (χ0v) is 16.2. The number of sulfonamides is 1. The van der Waals surface area contributed by atoms with Crippen molar-refractivity contribution in [1.82, 2.24) is 14.5 Å². The normalized spacial score (nSPS) is 11.3. The van der Waals surface area contributed by atoms with Gasteiger partial charge in [-0.15, -0.1) is 0 Å². The van der Waals surface area contributed by atoms with Crippen LogP contribution in [0.5, 0.6) is 0 Å². The molecule has 0 radical (unpaired) electrons. The third-order valence-electron chi connectivity index (χ3n) is 4.10. The number of aromatic nitrogens is 3. The molecule has 0 spiro atoms. The molecule has 0 aliphatic heterocycles. The number of fused-ring (bicyclic) bond motifs is 1. The molecule has 0 fully saturated rings. The van der Waals surface area contributed by atoms with Crippen molar-refractivity contribution in [1.29, 1.82) is 0 Å². The standard InChI is InChI=1S/C20H17N5O3S/c1-29(27,28)24-14-9-10-18-17(12-14)19(26)25(16-7-3-2-4-8-16)20(23-18)22-15-6-5-11-21-13-15/h2-13,24H,1H3,(H,22,23). The average Bonchev–Trinajstić information content (AvgIpc) is 2.69. The minimum atomic E-state index is -3.47. The lowest BCUT2D eigenvalue weighted by Crippen LogP contribution is -2.23. The molecule has 0 saturated carbocycles. The van der Waals surface area contributed by atoms with E-state index in [9.17, 15) is 13.2 Å². The summed E-state index contributed by atoms with van der Waals surface area (Å²) < 4.78 is 26.9. The largest absolute Gasteiger partial charge is 0.324 e. The third kappa shape index (κ3) is 4.09. The highest BCUT2D eigenvalue weighted by Crippen LogP contribution is 2.22. The first-order chi connectivity index (χ1) is 13.9. The lowest BCUT2D eigenvalue weighted by Gasteiger charge is -2.15. The van der Waals surface area contributed by atoms with Gasteiger partial charge in [-0.3, -0.25) is 14.5 Å². The molecule has 0 aliphatic rings. The van der Waals surface area contributed by atoms with Crippen LogP contribution in [0.15, 0.2) is 77.9 Å². The quantitative estimate of drug-likeness (QED) is 0.527. The number of rotatable bonds is 5. The molecule has 2 N–H and O–H groups in total. The Morgan fingerprint density at radius 2 is 1.76 bits per heavy atom. The maximum absolute atomic E-state index is 13.3. The highest BCUT2D eigenvalue weighted by Gasteiger charge is 2.14. The van der Waals surface area contributed by atoms with Gasteiger partial charge in [0.05, 0.1) is 34.7 Å². The molecule has 0 saturated heterocycles. The van der Waals surface area contributed by atoms with Crippen LogP contribution in [0, 0.1) is 0 Å². The Bertz CT molecular complexity index is 1340. The van der Waals surface area contributed by atoms with Crippen LogP contribution >= 0.6 is 0 Å². The molecule has 0 unspecified atom stereocenters. The van der Waals surface area contributed by atoms with Crippen LogP contribution in [0.3, 0.4) is 0 Å². The highest BCUT2D eigenvalue weighted by atomic mass is 32.2. The molecule has 2 heterocycles. The van der Waals surface area contributed by atoms with E-state index < -0.39 is 10.0 Å². The lowest BCUT2D eigenvalue weighted by atomic mass is 10.2. The fourth-order valence-corrected chi connectivity index (χ4v) is 3.48. The van der Waals surface area contributed by atoms with Crippen LogP contribution < -0.4 is 15.6 Å². The molecule has 0 bridgehead atoms. The fourth-order valence-electron chi connectivity index (χ4n) is 2.93. The van der Waals surface area contributed by atoms with Crippen molar-refractivity contribution in [2.75, 3.05) is 16.3 Å². The predicted octanol–water partition coefficient (Wildman–Crippen LogP) is 2.90. The summed E-state index contributed by atoms with van der Waals surface area (Å²) in [4.78, 5) is 22.0. The molecular weight excluding hydrogens is 390 g/mol. The molecule has 2 aromatic heterocycles. The van der Waals surface area contributed by atoms with Gasteiger partial charge < -0.3 is 5.32 Å². The SMILES string of the molecule is CS(=O)(=O)Nc1ccc2nc(Nc3cccnc3)n(-c3ccccc3)c(=O)c2c1. The van der Waals surface area contributed by atoms with Crippen molar-refractivity contribution in [2.45, 2.75) is 0 Å². The highest BCUT2D eigenvalue weighted by molar-refractivity contribution is 7.92. The van der Waals surface area contributed by atoms with Gasteiger partial charge in [0.25, 0.3) is 5.56 Å². The van der Waals surface area contributed by atoms with Crippen LogP contribution in [-0.4, -0.2) is 29.2 Å². The van der Waals surface area contributed by atoms with E-state index in [1.807, 2.05) is 24.3 Å². The summed E-state index contributed by atoms with van der Waals surface area (Å²) in [5.41, 5.74) is 1.71. The monoisotopic (exact) mass is 407 g/mol. The molecule has 8 nitrogen and oxygen atoms in total. The number of para-hydroxylation sites is 1. The van der Waals surface area contributed by atoms with Crippen LogP contribution in [-0.2, 0) is 10.0 Å². The summed E-state index contributed by atoms with van der Waals surface area (Å²) in [5, 5.41) is 3.43. The summed E-state index contributed by atoms with van der Waals surface area (Å²) in [5.74, 6) is 0.325. The van der Waals surface area contributed by atoms with E-state index in [2.05, 4.69) is 20.0 Å². The van der Waals surface area contributed by atoms with Crippen molar-refractivity contribution in [3.63, 3.8) is 0 Å². The Kier molecular flexibility index (Phi) is 4.73. The minimum Gasteiger partial charge on any atom is -0.324 e. The molecule has 9 heteroatoms. The lowest BCUT2D eigenvalue weighted by molar-refractivity contribution is 0.607. The van der Waals surface area contributed by atoms with Crippen LogP contribution in [0.25, 0.3) is 16.6 Å². The Labute approximate surface area is 166 Å². The zero-order chi connectivity index (χ0) is 20.4. The number of nitrogens with one attached hydrogen (secondary N) is 2. The van der Waals surface area contributed by atoms with Gasteiger partial charge >= 0.3 is 0 Å². The Morgan fingerprint density at radius 1 is 0.966 bits per heavy atom. The van der Waals surface area contributed by atoms with Crippen LogP contribution in [0.1, 0.15) is 0 Å². The molecule has 146 valence electrons. The molecule has 0 aliphatic carbocycles. The van der Waals surface area contributed by atoms with E-state index in [1.165, 1.54) is 10.6 Å². The summed E-state index contributed by atoms with van der Waals surface area (Å²) >= 11 is 0. The van der Waals surface area contributed by atoms with Crippen LogP contribution in [0.4, 0.5) is 17.3 Å². The maximum atomic E-state index is 13.3. The third-order valence-corrected chi connectivity index (χ3v) is 4.71. The second-order valence-electron chi connectivity index (χ2n) is 6.38. The summed E-state index contributed by atoms with van der Waals surface area (Å²) in [6.07, 6.45) is 4.34. The Balaban J connectivity index is 1.94. The van der Waals surface area contributed by atoms with Gasteiger partial charge in [0.1, 0.15) is 0 Å². The number of hydrogen-bond acceptors (Lipinski definition) is 6. The van der Waals surface area contributed by atoms with Gasteiger partial charge in [-0.05, 0) is 42.5 Å². The summed E-state index contributed by atoms with van der Waals surface area (Å²) in [6.45, 7) is 0. The van der Waals surface area contributed by atoms with Crippen molar-refractivity contribution >= 4 is 38.2 Å². The molecule has 2 aromatic carbocycles. The van der Waals surface area contributed by atoms with E-state index in [4.69, 9.17) is 0 Å². The summed E-state index contributed by atoms with van der Waals surface area (Å²) in [7, 11) is -3.47. The van der Waals surface area contributed by atoms with E-state index in [0.29, 0.717) is 33.9 Å². The first-order valence-electron chi connectivity index (χ1n) is 8.68. The smallest absolute Gasteiger partial charge is 0.267 e. The molecule has 29 heavy (non-hydrogen) atoms. The van der Waals surface area contributed by atoms with Gasteiger partial charge in [0, 0.05) is 11.9 Å². The van der Waals surface area contributed by atoms with Crippen molar-refractivity contribution in [2.24, 2.45) is 0 Å². The number of nitrogens with zero attached hydrogens (tertiary/aromatic N) is 3. The molecule has 0 amide bonds. The van der Waals surface area contributed by atoms with Crippen molar-refractivity contribution < 1.29 is 8.42 Å². The Hall–Kier alpha value is -3.72. The molecule has 4 rings (SSSR count). The molecule has 0 atom stereocenters. The van der Waals surface area contributed by atoms with Gasteiger partial charge in [-0.2, -0.15) is 0 Å². The van der Waals surface area contributed by atoms with Gasteiger partial charge in [-0.1, -0.05) is 18.2 Å². The van der Waals surface area contributed by atoms with Crippen LogP contribution in [0.2, 0.25) is 0 Å². The maximum Gasteiger partial charge on any atom is 0.267 e. The summed E-state index contributed by atoms with van der Waals surface area (Å²) in [6, 6.07) is 17.3. The van der Waals surface area contributed by atoms with Gasteiger partial charge in [0.2, 0.25) is 16.0 Å². The number of anilines is 3. The predicted molar refractivity (Wildman–Crippen MR) is 113 cm³/mol. The van der Waals surface area contributed by atoms with E-state index in [1.54, 1.807) is 42.7 Å². The number of benzene rings is 2.